The summed E-state index contributed by atoms with van der Waals surface area (Å²) in [5.74, 6) is -1.46. The fourth-order valence-electron chi connectivity index (χ4n) is 1.42. The van der Waals surface area contributed by atoms with Crippen LogP contribution in [0, 0.1) is 10.1 Å². The molecular weight excluding hydrogens is 290 g/mol. The van der Waals surface area contributed by atoms with E-state index in [1.165, 1.54) is 12.1 Å². The van der Waals surface area contributed by atoms with Crippen molar-refractivity contribution in [1.29, 1.82) is 0 Å². The van der Waals surface area contributed by atoms with Gasteiger partial charge < -0.3 is 9.84 Å². The smallest absolute Gasteiger partial charge is 0.335 e. The Hall–Kier alpha value is -2.16. The maximum Gasteiger partial charge on any atom is 0.335 e. The first kappa shape index (κ1) is 15.9. The lowest BCUT2D eigenvalue weighted by molar-refractivity contribution is -0.385. The molecule has 0 heterocycles. The molecule has 0 spiro atoms. The summed E-state index contributed by atoms with van der Waals surface area (Å²) in [7, 11) is -3.11. The molecule has 0 aliphatic rings. The molecule has 0 atom stereocenters. The standard InChI is InChI=1S/C11H13NO7S/c1-20(17,18)6-2-5-19-10-4-3-8(11(13)14)7-9(10)12(15)16/h3-4,7H,2,5-6H2,1H3,(H,13,14). The van der Waals surface area contributed by atoms with Crippen LogP contribution in [-0.2, 0) is 9.84 Å². The Labute approximate surface area is 115 Å². The summed E-state index contributed by atoms with van der Waals surface area (Å²) in [6.45, 7) is -0.0136. The molecule has 0 unspecified atom stereocenters. The van der Waals surface area contributed by atoms with Gasteiger partial charge in [0, 0.05) is 12.3 Å². The maximum absolute atomic E-state index is 10.9. The van der Waals surface area contributed by atoms with Crippen LogP contribution in [0.2, 0.25) is 0 Å². The number of sulfone groups is 1. The van der Waals surface area contributed by atoms with Crippen molar-refractivity contribution in [3.05, 3.63) is 33.9 Å². The lowest BCUT2D eigenvalue weighted by Gasteiger charge is -2.07. The van der Waals surface area contributed by atoms with Crippen molar-refractivity contribution in [3.8, 4) is 5.75 Å². The van der Waals surface area contributed by atoms with Crippen molar-refractivity contribution in [2.45, 2.75) is 6.42 Å². The maximum atomic E-state index is 10.9. The van der Waals surface area contributed by atoms with E-state index >= 15 is 0 Å². The molecule has 9 heteroatoms. The predicted molar refractivity (Wildman–Crippen MR) is 69.9 cm³/mol. The second-order valence-corrected chi connectivity index (χ2v) is 6.34. The highest BCUT2D eigenvalue weighted by Crippen LogP contribution is 2.28. The molecule has 1 N–H and O–H groups in total. The average Bonchev–Trinajstić information content (AvgIpc) is 2.33. The number of rotatable bonds is 7. The van der Waals surface area contributed by atoms with E-state index < -0.39 is 26.4 Å². The lowest BCUT2D eigenvalue weighted by atomic mass is 10.2. The van der Waals surface area contributed by atoms with Crippen LogP contribution in [0.4, 0.5) is 5.69 Å². The van der Waals surface area contributed by atoms with Crippen LogP contribution in [0.15, 0.2) is 18.2 Å². The molecule has 1 aromatic rings. The van der Waals surface area contributed by atoms with Crippen molar-refractivity contribution >= 4 is 21.5 Å². The van der Waals surface area contributed by atoms with Gasteiger partial charge in [-0.05, 0) is 18.6 Å². The highest BCUT2D eigenvalue weighted by Gasteiger charge is 2.18. The number of nitro benzene ring substituents is 1. The molecule has 0 fully saturated rings. The van der Waals surface area contributed by atoms with E-state index in [1.54, 1.807) is 0 Å². The number of ether oxygens (including phenoxy) is 1. The van der Waals surface area contributed by atoms with Gasteiger partial charge in [-0.15, -0.1) is 0 Å². The number of carboxylic acid groups (broad SMARTS) is 1. The van der Waals surface area contributed by atoms with E-state index in [1.807, 2.05) is 0 Å². The van der Waals surface area contributed by atoms with E-state index in [0.717, 1.165) is 12.3 Å². The number of nitrogens with zero attached hydrogens (tertiary/aromatic N) is 1. The van der Waals surface area contributed by atoms with Gasteiger partial charge in [0.2, 0.25) is 0 Å². The molecule has 0 saturated carbocycles. The van der Waals surface area contributed by atoms with Crippen LogP contribution in [0.5, 0.6) is 5.75 Å². The molecule has 110 valence electrons. The molecule has 1 aromatic carbocycles. The Morgan fingerprint density at radius 3 is 2.60 bits per heavy atom. The Balaban J connectivity index is 2.79. The summed E-state index contributed by atoms with van der Waals surface area (Å²) in [6.07, 6.45) is 1.27. The van der Waals surface area contributed by atoms with E-state index in [0.29, 0.717) is 0 Å². The number of aromatic carboxylic acids is 1. The molecule has 0 radical (unpaired) electrons. The van der Waals surface area contributed by atoms with Gasteiger partial charge in [-0.1, -0.05) is 0 Å². The summed E-state index contributed by atoms with van der Waals surface area (Å²) >= 11 is 0. The van der Waals surface area contributed by atoms with Gasteiger partial charge in [-0.2, -0.15) is 0 Å². The zero-order chi connectivity index (χ0) is 15.3. The highest BCUT2D eigenvalue weighted by atomic mass is 32.2. The first-order valence-electron chi connectivity index (χ1n) is 5.53. The first-order valence-corrected chi connectivity index (χ1v) is 7.59. The molecule has 0 saturated heterocycles. The van der Waals surface area contributed by atoms with Crippen molar-refractivity contribution in [2.75, 3.05) is 18.6 Å². The van der Waals surface area contributed by atoms with Gasteiger partial charge in [0.1, 0.15) is 9.84 Å². The number of nitro groups is 1. The predicted octanol–water partition coefficient (Wildman–Crippen LogP) is 1.11. The van der Waals surface area contributed by atoms with Crippen LogP contribution in [0.1, 0.15) is 16.8 Å². The van der Waals surface area contributed by atoms with Crippen molar-refractivity contribution < 1.29 is 28.0 Å². The molecule has 0 aromatic heterocycles. The zero-order valence-electron chi connectivity index (χ0n) is 10.6. The van der Waals surface area contributed by atoms with Crippen LogP contribution in [0.25, 0.3) is 0 Å². The first-order chi connectivity index (χ1) is 9.20. The minimum absolute atomic E-state index is 0.0136. The number of benzene rings is 1. The second-order valence-electron chi connectivity index (χ2n) is 4.08. The third-order valence-corrected chi connectivity index (χ3v) is 3.35. The van der Waals surface area contributed by atoms with E-state index in [-0.39, 0.29) is 30.1 Å². The lowest BCUT2D eigenvalue weighted by Crippen LogP contribution is -2.09. The van der Waals surface area contributed by atoms with Gasteiger partial charge in [0.25, 0.3) is 0 Å². The summed E-state index contributed by atoms with van der Waals surface area (Å²) < 4.78 is 26.9. The molecule has 0 aliphatic heterocycles. The van der Waals surface area contributed by atoms with Gasteiger partial charge in [-0.25, -0.2) is 13.2 Å². The molecule has 0 aliphatic carbocycles. The fraction of sp³-hybridized carbons (Fsp3) is 0.364. The molecular formula is C11H13NO7S. The number of hydrogen-bond donors (Lipinski definition) is 1. The topological polar surface area (TPSA) is 124 Å². The van der Waals surface area contributed by atoms with Crippen molar-refractivity contribution in [1.82, 2.24) is 0 Å². The van der Waals surface area contributed by atoms with Gasteiger partial charge in [0.15, 0.2) is 5.75 Å². The van der Waals surface area contributed by atoms with Gasteiger partial charge in [-0.3, -0.25) is 10.1 Å². The Kier molecular flexibility index (Phi) is 5.03. The third kappa shape index (κ3) is 4.84. The van der Waals surface area contributed by atoms with E-state index in [2.05, 4.69) is 0 Å². The molecule has 0 amide bonds. The normalized spacial score (nSPS) is 11.1. The monoisotopic (exact) mass is 303 g/mol. The Morgan fingerprint density at radius 2 is 2.10 bits per heavy atom. The van der Waals surface area contributed by atoms with Crippen molar-refractivity contribution in [3.63, 3.8) is 0 Å². The van der Waals surface area contributed by atoms with Crippen LogP contribution < -0.4 is 4.74 Å². The fourth-order valence-corrected chi connectivity index (χ4v) is 2.06. The highest BCUT2D eigenvalue weighted by molar-refractivity contribution is 7.90. The summed E-state index contributed by atoms with van der Waals surface area (Å²) in [5.41, 5.74) is -0.690. The SMILES string of the molecule is CS(=O)(=O)CCCOc1ccc(C(=O)O)cc1[N+](=O)[O-]. The van der Waals surface area contributed by atoms with Gasteiger partial charge in [0.05, 0.1) is 22.8 Å². The quantitative estimate of drug-likeness (QED) is 0.454. The minimum atomic E-state index is -3.11. The number of carbonyl (C=O) groups is 1. The molecule has 0 bridgehead atoms. The number of hydrogen-bond acceptors (Lipinski definition) is 6. The summed E-state index contributed by atoms with van der Waals surface area (Å²) in [5, 5.41) is 19.6. The summed E-state index contributed by atoms with van der Waals surface area (Å²) in [4.78, 5) is 20.8. The second kappa shape index (κ2) is 6.33. The molecule has 1 rings (SSSR count). The van der Waals surface area contributed by atoms with Crippen LogP contribution >= 0.6 is 0 Å². The minimum Gasteiger partial charge on any atom is -0.487 e. The third-order valence-electron chi connectivity index (χ3n) is 2.32. The van der Waals surface area contributed by atoms with Crippen LogP contribution in [-0.4, -0.2) is 43.0 Å². The molecule has 8 nitrogen and oxygen atoms in total. The average molecular weight is 303 g/mol. The zero-order valence-corrected chi connectivity index (χ0v) is 11.4. The van der Waals surface area contributed by atoms with Gasteiger partial charge >= 0.3 is 11.7 Å². The summed E-state index contributed by atoms with van der Waals surface area (Å²) in [6, 6.07) is 3.26. The van der Waals surface area contributed by atoms with Crippen molar-refractivity contribution in [2.24, 2.45) is 0 Å². The Morgan fingerprint density at radius 1 is 1.45 bits per heavy atom. The van der Waals surface area contributed by atoms with Crippen LogP contribution in [0.3, 0.4) is 0 Å². The Bertz CT molecular complexity index is 624. The van der Waals surface area contributed by atoms with E-state index in [4.69, 9.17) is 9.84 Å². The molecule has 20 heavy (non-hydrogen) atoms. The largest absolute Gasteiger partial charge is 0.487 e. The van der Waals surface area contributed by atoms with E-state index in [9.17, 15) is 23.3 Å². The number of carboxylic acids is 1.